The topological polar surface area (TPSA) is 72.0 Å². The van der Waals surface area contributed by atoms with E-state index in [9.17, 15) is 8.42 Å². The Morgan fingerprint density at radius 1 is 1.25 bits per heavy atom. The fraction of sp³-hybridized carbons (Fsp3) is 0.333. The summed E-state index contributed by atoms with van der Waals surface area (Å²) in [6.07, 6.45) is 1.04. The Bertz CT molecular complexity index is 641. The van der Waals surface area contributed by atoms with Gasteiger partial charge in [-0.25, -0.2) is 8.42 Å². The van der Waals surface area contributed by atoms with Crippen molar-refractivity contribution in [1.29, 1.82) is 0 Å². The maximum absolute atomic E-state index is 12.0. The summed E-state index contributed by atoms with van der Waals surface area (Å²) in [5.41, 5.74) is 0.741. The van der Waals surface area contributed by atoms with Crippen molar-refractivity contribution in [3.63, 3.8) is 0 Å². The molecule has 0 radical (unpaired) electrons. The van der Waals surface area contributed by atoms with Crippen LogP contribution >= 0.6 is 23.1 Å². The summed E-state index contributed by atoms with van der Waals surface area (Å²) in [6, 6.07) is 9.04. The molecule has 108 valence electrons. The predicted molar refractivity (Wildman–Crippen MR) is 83.6 cm³/mol. The van der Waals surface area contributed by atoms with Gasteiger partial charge in [0.2, 0.25) is 15.2 Å². The standard InChI is InChI=1S/C12H15N3O2S3/c1-2-8-18-12-14-13-11(19-12)15-20(16,17)9-10-6-4-3-5-7-10/h3-7H,2,8-9H2,1H3,(H,13,15). The maximum atomic E-state index is 12.0. The third kappa shape index (κ3) is 4.77. The van der Waals surface area contributed by atoms with Gasteiger partial charge in [-0.2, -0.15) is 0 Å². The minimum Gasteiger partial charge on any atom is -0.257 e. The molecule has 20 heavy (non-hydrogen) atoms. The van der Waals surface area contributed by atoms with Crippen LogP contribution in [0.25, 0.3) is 0 Å². The highest BCUT2D eigenvalue weighted by atomic mass is 32.2. The van der Waals surface area contributed by atoms with Crippen molar-refractivity contribution in [3.05, 3.63) is 35.9 Å². The van der Waals surface area contributed by atoms with Gasteiger partial charge >= 0.3 is 0 Å². The maximum Gasteiger partial charge on any atom is 0.238 e. The Hall–Kier alpha value is -1.12. The molecular formula is C12H15N3O2S3. The van der Waals surface area contributed by atoms with Gasteiger partial charge in [-0.1, -0.05) is 60.4 Å². The number of anilines is 1. The molecule has 0 aliphatic rings. The molecular weight excluding hydrogens is 314 g/mol. The van der Waals surface area contributed by atoms with E-state index in [1.54, 1.807) is 23.9 Å². The van der Waals surface area contributed by atoms with Gasteiger partial charge in [-0.3, -0.25) is 4.72 Å². The van der Waals surface area contributed by atoms with E-state index in [-0.39, 0.29) is 5.75 Å². The van der Waals surface area contributed by atoms with Crippen LogP contribution < -0.4 is 4.72 Å². The Balaban J connectivity index is 1.99. The molecule has 0 unspecified atom stereocenters. The zero-order valence-corrected chi connectivity index (χ0v) is 13.4. The number of thioether (sulfide) groups is 1. The second-order valence-electron chi connectivity index (χ2n) is 4.07. The van der Waals surface area contributed by atoms with Crippen LogP contribution in [-0.4, -0.2) is 24.4 Å². The highest BCUT2D eigenvalue weighted by Crippen LogP contribution is 2.26. The molecule has 2 rings (SSSR count). The third-order valence-corrected chi connectivity index (χ3v) is 5.80. The second kappa shape index (κ2) is 7.05. The Kier molecular flexibility index (Phi) is 5.38. The van der Waals surface area contributed by atoms with Gasteiger partial charge in [0.25, 0.3) is 0 Å². The van der Waals surface area contributed by atoms with Crippen molar-refractivity contribution >= 4 is 38.3 Å². The summed E-state index contributed by atoms with van der Waals surface area (Å²) in [6.45, 7) is 2.08. The monoisotopic (exact) mass is 329 g/mol. The van der Waals surface area contributed by atoms with Crippen molar-refractivity contribution in [1.82, 2.24) is 10.2 Å². The van der Waals surface area contributed by atoms with Crippen molar-refractivity contribution < 1.29 is 8.42 Å². The summed E-state index contributed by atoms with van der Waals surface area (Å²) < 4.78 is 27.3. The first-order valence-electron chi connectivity index (χ1n) is 6.10. The molecule has 0 aliphatic heterocycles. The van der Waals surface area contributed by atoms with E-state index in [1.807, 2.05) is 18.2 Å². The van der Waals surface area contributed by atoms with Crippen LogP contribution in [0.4, 0.5) is 5.13 Å². The molecule has 1 N–H and O–H groups in total. The number of nitrogens with one attached hydrogen (secondary N) is 1. The van der Waals surface area contributed by atoms with Crippen LogP contribution in [0.3, 0.4) is 0 Å². The van der Waals surface area contributed by atoms with Crippen LogP contribution in [0.5, 0.6) is 0 Å². The first kappa shape index (κ1) is 15.3. The molecule has 5 nitrogen and oxygen atoms in total. The van der Waals surface area contributed by atoms with Gasteiger partial charge < -0.3 is 0 Å². The summed E-state index contributed by atoms with van der Waals surface area (Å²) in [4.78, 5) is 0. The zero-order valence-electron chi connectivity index (χ0n) is 10.9. The molecule has 1 aromatic heterocycles. The van der Waals surface area contributed by atoms with E-state index in [0.717, 1.165) is 22.1 Å². The molecule has 0 atom stereocenters. The van der Waals surface area contributed by atoms with Crippen LogP contribution in [0.15, 0.2) is 34.7 Å². The number of rotatable bonds is 7. The van der Waals surface area contributed by atoms with Gasteiger partial charge in [0.05, 0.1) is 5.75 Å². The quantitative estimate of drug-likeness (QED) is 0.791. The van der Waals surface area contributed by atoms with E-state index in [1.165, 1.54) is 11.3 Å². The highest BCUT2D eigenvalue weighted by molar-refractivity contribution is 8.01. The summed E-state index contributed by atoms with van der Waals surface area (Å²) in [7, 11) is -3.45. The predicted octanol–water partition coefficient (Wildman–Crippen LogP) is 2.98. The van der Waals surface area contributed by atoms with Crippen molar-refractivity contribution in [3.8, 4) is 0 Å². The van der Waals surface area contributed by atoms with E-state index in [4.69, 9.17) is 0 Å². The van der Waals surface area contributed by atoms with Crippen LogP contribution in [0.1, 0.15) is 18.9 Å². The normalized spacial score (nSPS) is 11.4. The zero-order chi connectivity index (χ0) is 14.4. The van der Waals surface area contributed by atoms with Gasteiger partial charge in [-0.05, 0) is 12.0 Å². The molecule has 2 aromatic rings. The van der Waals surface area contributed by atoms with E-state index in [2.05, 4.69) is 21.8 Å². The lowest BCUT2D eigenvalue weighted by molar-refractivity contribution is 0.600. The first-order valence-corrected chi connectivity index (χ1v) is 9.55. The number of hydrogen-bond acceptors (Lipinski definition) is 6. The fourth-order valence-electron chi connectivity index (χ4n) is 1.46. The van der Waals surface area contributed by atoms with E-state index in [0.29, 0.717) is 5.13 Å². The lowest BCUT2D eigenvalue weighted by atomic mass is 10.2. The Labute approximate surface area is 126 Å². The van der Waals surface area contributed by atoms with E-state index >= 15 is 0 Å². The molecule has 0 saturated heterocycles. The number of hydrogen-bond donors (Lipinski definition) is 1. The molecule has 0 spiro atoms. The largest absolute Gasteiger partial charge is 0.257 e. The van der Waals surface area contributed by atoms with E-state index < -0.39 is 10.0 Å². The number of nitrogens with zero attached hydrogens (tertiary/aromatic N) is 2. The van der Waals surface area contributed by atoms with Gasteiger partial charge in [-0.15, -0.1) is 10.2 Å². The van der Waals surface area contributed by atoms with Gasteiger partial charge in [0, 0.05) is 5.75 Å². The molecule has 0 bridgehead atoms. The fourth-order valence-corrected chi connectivity index (χ4v) is 4.55. The summed E-state index contributed by atoms with van der Waals surface area (Å²) in [5.74, 6) is 0.885. The molecule has 1 aromatic carbocycles. The number of aromatic nitrogens is 2. The molecule has 8 heteroatoms. The average molecular weight is 329 g/mol. The lowest BCUT2D eigenvalue weighted by Crippen LogP contribution is -2.14. The molecule has 0 fully saturated rings. The summed E-state index contributed by atoms with van der Waals surface area (Å²) >= 11 is 2.84. The third-order valence-electron chi connectivity index (χ3n) is 2.28. The minimum absolute atomic E-state index is 0.0646. The second-order valence-corrected chi connectivity index (χ2v) is 8.11. The van der Waals surface area contributed by atoms with Gasteiger partial charge in [0.15, 0.2) is 4.34 Å². The first-order chi connectivity index (χ1) is 9.59. The lowest BCUT2D eigenvalue weighted by Gasteiger charge is -2.04. The van der Waals surface area contributed by atoms with Crippen LogP contribution in [-0.2, 0) is 15.8 Å². The van der Waals surface area contributed by atoms with Crippen LogP contribution in [0.2, 0.25) is 0 Å². The molecule has 0 amide bonds. The molecule has 0 aliphatic carbocycles. The Morgan fingerprint density at radius 2 is 2.00 bits per heavy atom. The average Bonchev–Trinajstić information content (AvgIpc) is 2.83. The van der Waals surface area contributed by atoms with Crippen molar-refractivity contribution in [2.75, 3.05) is 10.5 Å². The van der Waals surface area contributed by atoms with Gasteiger partial charge in [0.1, 0.15) is 0 Å². The minimum atomic E-state index is -3.45. The number of sulfonamides is 1. The summed E-state index contributed by atoms with van der Waals surface area (Å²) in [5, 5.41) is 8.12. The van der Waals surface area contributed by atoms with Crippen LogP contribution in [0, 0.1) is 0 Å². The Morgan fingerprint density at radius 3 is 2.70 bits per heavy atom. The van der Waals surface area contributed by atoms with Crippen molar-refractivity contribution in [2.24, 2.45) is 0 Å². The highest BCUT2D eigenvalue weighted by Gasteiger charge is 2.14. The SMILES string of the molecule is CCCSc1nnc(NS(=O)(=O)Cc2ccccc2)s1. The number of benzene rings is 1. The molecule has 0 saturated carbocycles. The van der Waals surface area contributed by atoms with Crippen molar-refractivity contribution in [2.45, 2.75) is 23.4 Å². The smallest absolute Gasteiger partial charge is 0.238 e. The molecule has 1 heterocycles.